The van der Waals surface area contributed by atoms with Gasteiger partial charge in [0.05, 0.1) is 12.5 Å². The van der Waals surface area contributed by atoms with Gasteiger partial charge >= 0.3 is 0 Å². The fourth-order valence-corrected chi connectivity index (χ4v) is 4.31. The van der Waals surface area contributed by atoms with E-state index in [4.69, 9.17) is 5.26 Å². The molecule has 0 fully saturated rings. The van der Waals surface area contributed by atoms with Crippen molar-refractivity contribution in [1.82, 2.24) is 0 Å². The number of unbranched alkanes of at least 4 members (excludes halogenated alkanes) is 1. The highest BCUT2D eigenvalue weighted by atomic mass is 15.0. The van der Waals surface area contributed by atoms with Gasteiger partial charge < -0.3 is 5.32 Å². The van der Waals surface area contributed by atoms with Gasteiger partial charge in [0.2, 0.25) is 0 Å². The largest absolute Gasteiger partial charge is 0.381 e. The molecular formula is C22H28N2. The molecule has 1 aromatic rings. The van der Waals surface area contributed by atoms with Crippen molar-refractivity contribution < 1.29 is 0 Å². The van der Waals surface area contributed by atoms with E-state index in [9.17, 15) is 0 Å². The molecule has 1 aliphatic heterocycles. The van der Waals surface area contributed by atoms with Crippen molar-refractivity contribution in [2.45, 2.75) is 57.9 Å². The van der Waals surface area contributed by atoms with Crippen LogP contribution in [-0.4, -0.2) is 6.04 Å². The van der Waals surface area contributed by atoms with Crippen LogP contribution in [0.15, 0.2) is 42.5 Å². The van der Waals surface area contributed by atoms with E-state index in [1.54, 1.807) is 0 Å². The highest BCUT2D eigenvalue weighted by Gasteiger charge is 2.37. The number of fused-ring (bicyclic) bond motifs is 1. The lowest BCUT2D eigenvalue weighted by molar-refractivity contribution is 0.292. The molecule has 0 bridgehead atoms. The number of nitrogens with one attached hydrogen (secondary N) is 1. The van der Waals surface area contributed by atoms with Crippen LogP contribution >= 0.6 is 0 Å². The number of hydrogen-bond acceptors (Lipinski definition) is 2. The summed E-state index contributed by atoms with van der Waals surface area (Å²) in [4.78, 5) is 0. The van der Waals surface area contributed by atoms with E-state index in [1.165, 1.54) is 30.5 Å². The Hall–Kier alpha value is -2.01. The van der Waals surface area contributed by atoms with E-state index in [1.807, 2.05) is 0 Å². The maximum absolute atomic E-state index is 8.99. The SMILES string of the molecule is CCCC[C@@H]1C(C)c2cc(CC#N)ccc2N[C@H]1C1C=CC=CC1. The Kier molecular flexibility index (Phi) is 5.41. The maximum atomic E-state index is 8.99. The van der Waals surface area contributed by atoms with E-state index in [-0.39, 0.29) is 0 Å². The lowest BCUT2D eigenvalue weighted by atomic mass is 9.70. The Morgan fingerprint density at radius 1 is 1.29 bits per heavy atom. The minimum absolute atomic E-state index is 0.499. The molecule has 0 saturated carbocycles. The average molecular weight is 320 g/mol. The summed E-state index contributed by atoms with van der Waals surface area (Å²) in [6.07, 6.45) is 14.5. The summed E-state index contributed by atoms with van der Waals surface area (Å²) in [5, 5.41) is 12.8. The monoisotopic (exact) mass is 320 g/mol. The number of hydrogen-bond donors (Lipinski definition) is 1. The van der Waals surface area contributed by atoms with Gasteiger partial charge in [0.25, 0.3) is 0 Å². The molecular weight excluding hydrogens is 292 g/mol. The molecule has 24 heavy (non-hydrogen) atoms. The second-order valence-electron chi connectivity index (χ2n) is 7.23. The van der Waals surface area contributed by atoms with Gasteiger partial charge in [-0.05, 0) is 41.9 Å². The summed E-state index contributed by atoms with van der Waals surface area (Å²) in [5.41, 5.74) is 3.80. The van der Waals surface area contributed by atoms with Crippen LogP contribution in [0.5, 0.6) is 0 Å². The van der Waals surface area contributed by atoms with Crippen LogP contribution in [0.3, 0.4) is 0 Å². The predicted octanol–water partition coefficient (Wildman–Crippen LogP) is 5.59. The third-order valence-electron chi connectivity index (χ3n) is 5.68. The normalized spacial score (nSPS) is 28.0. The Bertz CT molecular complexity index is 665. The summed E-state index contributed by atoms with van der Waals surface area (Å²) < 4.78 is 0. The first-order valence-corrected chi connectivity index (χ1v) is 9.34. The molecule has 0 amide bonds. The predicted molar refractivity (Wildman–Crippen MR) is 101 cm³/mol. The van der Waals surface area contributed by atoms with Gasteiger partial charge in [-0.2, -0.15) is 5.26 Å². The van der Waals surface area contributed by atoms with Crippen LogP contribution < -0.4 is 5.32 Å². The molecule has 1 aliphatic carbocycles. The van der Waals surface area contributed by atoms with Gasteiger partial charge in [0.15, 0.2) is 0 Å². The first-order chi connectivity index (χ1) is 11.7. The van der Waals surface area contributed by atoms with E-state index >= 15 is 0 Å². The average Bonchev–Trinajstić information content (AvgIpc) is 2.62. The zero-order valence-corrected chi connectivity index (χ0v) is 14.8. The first-order valence-electron chi connectivity index (χ1n) is 9.34. The molecule has 2 unspecified atom stereocenters. The lowest BCUT2D eigenvalue weighted by Gasteiger charge is -2.43. The van der Waals surface area contributed by atoms with Crippen molar-refractivity contribution >= 4 is 5.69 Å². The molecule has 2 heteroatoms. The van der Waals surface area contributed by atoms with Crippen LogP contribution in [0, 0.1) is 23.2 Å². The second kappa shape index (κ2) is 7.71. The van der Waals surface area contributed by atoms with Gasteiger partial charge in [0, 0.05) is 17.6 Å². The third kappa shape index (κ3) is 3.41. The van der Waals surface area contributed by atoms with E-state index in [2.05, 4.69) is 67.7 Å². The Labute approximate surface area is 146 Å². The van der Waals surface area contributed by atoms with Crippen molar-refractivity contribution in [2.75, 3.05) is 5.32 Å². The van der Waals surface area contributed by atoms with Crippen LogP contribution in [0.1, 0.15) is 56.6 Å². The zero-order chi connectivity index (χ0) is 16.9. The maximum Gasteiger partial charge on any atom is 0.0669 e. The summed E-state index contributed by atoms with van der Waals surface area (Å²) in [6, 6.07) is 9.31. The zero-order valence-electron chi connectivity index (χ0n) is 14.8. The van der Waals surface area contributed by atoms with Crippen LogP contribution in [0.2, 0.25) is 0 Å². The summed E-state index contributed by atoms with van der Waals surface area (Å²) >= 11 is 0. The van der Waals surface area contributed by atoms with Crippen LogP contribution in [0.25, 0.3) is 0 Å². The molecule has 4 atom stereocenters. The topological polar surface area (TPSA) is 35.8 Å². The number of anilines is 1. The lowest BCUT2D eigenvalue weighted by Crippen LogP contribution is -2.42. The molecule has 2 aliphatic rings. The molecule has 0 aromatic heterocycles. The minimum atomic E-state index is 0.499. The second-order valence-corrected chi connectivity index (χ2v) is 7.23. The van der Waals surface area contributed by atoms with Gasteiger partial charge in [-0.3, -0.25) is 0 Å². The first kappa shape index (κ1) is 16.8. The van der Waals surface area contributed by atoms with Gasteiger partial charge in [-0.25, -0.2) is 0 Å². The number of nitriles is 1. The molecule has 2 nitrogen and oxygen atoms in total. The van der Waals surface area contributed by atoms with Crippen molar-refractivity contribution in [2.24, 2.45) is 11.8 Å². The Balaban J connectivity index is 1.91. The molecule has 1 heterocycles. The number of nitrogens with zero attached hydrogens (tertiary/aromatic N) is 1. The fraction of sp³-hybridized carbons (Fsp3) is 0.500. The molecule has 0 spiro atoms. The smallest absolute Gasteiger partial charge is 0.0669 e. The fourth-order valence-electron chi connectivity index (χ4n) is 4.31. The van der Waals surface area contributed by atoms with Crippen LogP contribution in [-0.2, 0) is 6.42 Å². The molecule has 0 saturated heterocycles. The minimum Gasteiger partial charge on any atom is -0.381 e. The van der Waals surface area contributed by atoms with E-state index in [0.717, 1.165) is 12.0 Å². The van der Waals surface area contributed by atoms with Crippen molar-refractivity contribution in [3.05, 3.63) is 53.6 Å². The highest BCUT2D eigenvalue weighted by molar-refractivity contribution is 5.58. The van der Waals surface area contributed by atoms with E-state index in [0.29, 0.717) is 30.2 Å². The molecule has 3 rings (SSSR count). The van der Waals surface area contributed by atoms with Crippen molar-refractivity contribution in [3.8, 4) is 6.07 Å². The van der Waals surface area contributed by atoms with Crippen LogP contribution in [0.4, 0.5) is 5.69 Å². The highest BCUT2D eigenvalue weighted by Crippen LogP contribution is 2.44. The van der Waals surface area contributed by atoms with E-state index < -0.39 is 0 Å². The molecule has 1 aromatic carbocycles. The third-order valence-corrected chi connectivity index (χ3v) is 5.68. The number of benzene rings is 1. The van der Waals surface area contributed by atoms with Gasteiger partial charge in [0.1, 0.15) is 0 Å². The van der Waals surface area contributed by atoms with Gasteiger partial charge in [-0.15, -0.1) is 0 Å². The standard InChI is InChI=1S/C22H28N2/c1-3-4-10-19-16(2)20-15-17(13-14-23)11-12-21(20)24-22(19)18-8-6-5-7-9-18/h5-8,11-12,15-16,18-19,22,24H,3-4,9-10,13H2,1-2H3/t16?,18?,19-,22+/m1/s1. The molecule has 126 valence electrons. The number of rotatable bonds is 5. The summed E-state index contributed by atoms with van der Waals surface area (Å²) in [7, 11) is 0. The number of allylic oxidation sites excluding steroid dienone is 3. The summed E-state index contributed by atoms with van der Waals surface area (Å²) in [6.45, 7) is 4.66. The van der Waals surface area contributed by atoms with Gasteiger partial charge in [-0.1, -0.05) is 63.1 Å². The summed E-state index contributed by atoms with van der Waals surface area (Å²) in [5.74, 6) is 1.76. The van der Waals surface area contributed by atoms with Crippen molar-refractivity contribution in [3.63, 3.8) is 0 Å². The Morgan fingerprint density at radius 3 is 2.88 bits per heavy atom. The Morgan fingerprint density at radius 2 is 2.17 bits per heavy atom. The quantitative estimate of drug-likeness (QED) is 0.767. The molecule has 0 radical (unpaired) electrons. The molecule has 1 N–H and O–H groups in total. The van der Waals surface area contributed by atoms with Crippen molar-refractivity contribution in [1.29, 1.82) is 5.26 Å².